The molecule has 1 N–H and O–H groups in total. The van der Waals surface area contributed by atoms with Crippen molar-refractivity contribution in [3.63, 3.8) is 0 Å². The van der Waals surface area contributed by atoms with Crippen molar-refractivity contribution in [3.05, 3.63) is 35.5 Å². The average Bonchev–Trinajstić information content (AvgIpc) is 2.26. The third-order valence-corrected chi connectivity index (χ3v) is 2.60. The average molecular weight is 262 g/mol. The summed E-state index contributed by atoms with van der Waals surface area (Å²) in [4.78, 5) is 19.6. The lowest BCUT2D eigenvalue weighted by molar-refractivity contribution is 0.0692. The molecule has 100 valence electrons. The molecule has 0 fully saturated rings. The second-order valence-electron chi connectivity index (χ2n) is 5.69. The summed E-state index contributed by atoms with van der Waals surface area (Å²) in [5.74, 6) is -1.21. The van der Waals surface area contributed by atoms with E-state index in [0.29, 0.717) is 17.8 Å². The number of fused-ring (bicyclic) bond motifs is 1. The van der Waals surface area contributed by atoms with Gasteiger partial charge in [0.05, 0.1) is 5.52 Å². The van der Waals surface area contributed by atoms with Gasteiger partial charge >= 0.3 is 5.97 Å². The van der Waals surface area contributed by atoms with Crippen LogP contribution in [-0.2, 0) is 6.42 Å². The van der Waals surface area contributed by atoms with Gasteiger partial charge in [0.15, 0.2) is 5.69 Å². The van der Waals surface area contributed by atoms with Crippen LogP contribution < -0.4 is 0 Å². The molecular formula is C14H15FN2O2. The smallest absolute Gasteiger partial charge is 0.355 e. The Morgan fingerprint density at radius 2 is 2.00 bits per heavy atom. The molecule has 0 saturated carbocycles. The summed E-state index contributed by atoms with van der Waals surface area (Å²) < 4.78 is 13.2. The van der Waals surface area contributed by atoms with Gasteiger partial charge in [-0.15, -0.1) is 0 Å². The van der Waals surface area contributed by atoms with E-state index in [-0.39, 0.29) is 16.5 Å². The van der Waals surface area contributed by atoms with Gasteiger partial charge in [-0.3, -0.25) is 0 Å². The highest BCUT2D eigenvalue weighted by Crippen LogP contribution is 2.22. The lowest BCUT2D eigenvalue weighted by Crippen LogP contribution is -2.14. The van der Waals surface area contributed by atoms with E-state index in [0.717, 1.165) is 6.07 Å². The van der Waals surface area contributed by atoms with Crippen molar-refractivity contribution in [2.75, 3.05) is 0 Å². The van der Waals surface area contributed by atoms with Crippen LogP contribution in [0, 0.1) is 11.2 Å². The highest BCUT2D eigenvalue weighted by atomic mass is 19.1. The number of halogens is 1. The topological polar surface area (TPSA) is 63.1 Å². The lowest BCUT2D eigenvalue weighted by Gasteiger charge is -2.17. The number of carbonyl (C=O) groups is 1. The van der Waals surface area contributed by atoms with Crippen LogP contribution >= 0.6 is 0 Å². The summed E-state index contributed by atoms with van der Waals surface area (Å²) in [7, 11) is 0. The van der Waals surface area contributed by atoms with Crippen LogP contribution in [0.3, 0.4) is 0 Å². The van der Waals surface area contributed by atoms with Crippen molar-refractivity contribution in [3.8, 4) is 0 Å². The number of carboxylic acids is 1. The maximum Gasteiger partial charge on any atom is 0.355 e. The molecule has 0 radical (unpaired) electrons. The van der Waals surface area contributed by atoms with Gasteiger partial charge in [-0.1, -0.05) is 20.8 Å². The number of benzene rings is 1. The van der Waals surface area contributed by atoms with Crippen LogP contribution in [-0.4, -0.2) is 21.0 Å². The lowest BCUT2D eigenvalue weighted by atomic mass is 9.92. The number of hydrogen-bond donors (Lipinski definition) is 1. The van der Waals surface area contributed by atoms with Crippen LogP contribution in [0.25, 0.3) is 10.9 Å². The molecule has 19 heavy (non-hydrogen) atoms. The molecule has 4 nitrogen and oxygen atoms in total. The molecule has 0 aliphatic heterocycles. The largest absolute Gasteiger partial charge is 0.476 e. The summed E-state index contributed by atoms with van der Waals surface area (Å²) in [6.45, 7) is 6.06. The van der Waals surface area contributed by atoms with Crippen molar-refractivity contribution in [2.45, 2.75) is 27.2 Å². The Bertz CT molecular complexity index is 648. The first-order valence-corrected chi connectivity index (χ1v) is 5.96. The highest BCUT2D eigenvalue weighted by Gasteiger charge is 2.18. The van der Waals surface area contributed by atoms with Gasteiger partial charge in [0.25, 0.3) is 0 Å². The molecule has 0 unspecified atom stereocenters. The first-order valence-electron chi connectivity index (χ1n) is 5.96. The fourth-order valence-corrected chi connectivity index (χ4v) is 1.87. The van der Waals surface area contributed by atoms with Crippen molar-refractivity contribution in [1.82, 2.24) is 9.97 Å². The molecule has 0 aliphatic rings. The van der Waals surface area contributed by atoms with Crippen LogP contribution in [0.1, 0.15) is 37.1 Å². The Balaban J connectivity index is 2.65. The molecule has 0 amide bonds. The van der Waals surface area contributed by atoms with E-state index in [2.05, 4.69) is 9.97 Å². The van der Waals surface area contributed by atoms with Crippen molar-refractivity contribution in [1.29, 1.82) is 0 Å². The van der Waals surface area contributed by atoms with Gasteiger partial charge in [0.2, 0.25) is 0 Å². The first-order chi connectivity index (χ1) is 8.76. The van der Waals surface area contributed by atoms with Crippen LogP contribution in [0.5, 0.6) is 0 Å². The minimum absolute atomic E-state index is 0.0521. The number of carboxylic acid groups (broad SMARTS) is 1. The molecule has 0 saturated heterocycles. The van der Waals surface area contributed by atoms with Crippen molar-refractivity contribution < 1.29 is 14.3 Å². The third kappa shape index (κ3) is 3.05. The molecule has 0 atom stereocenters. The molecule has 1 aromatic carbocycles. The summed E-state index contributed by atoms with van der Waals surface area (Å²) in [5, 5.41) is 9.41. The zero-order valence-electron chi connectivity index (χ0n) is 11.1. The van der Waals surface area contributed by atoms with E-state index >= 15 is 0 Å². The maximum absolute atomic E-state index is 13.2. The van der Waals surface area contributed by atoms with Gasteiger partial charge in [0.1, 0.15) is 11.6 Å². The van der Waals surface area contributed by atoms with Crippen molar-refractivity contribution >= 4 is 16.9 Å². The second kappa shape index (κ2) is 4.57. The van der Waals surface area contributed by atoms with Gasteiger partial charge in [-0.05, 0) is 23.6 Å². The molecule has 2 aromatic rings. The first kappa shape index (κ1) is 13.4. The minimum atomic E-state index is -1.17. The van der Waals surface area contributed by atoms with Gasteiger partial charge in [-0.2, -0.15) is 0 Å². The van der Waals surface area contributed by atoms with E-state index in [9.17, 15) is 14.3 Å². The Kier molecular flexibility index (Phi) is 3.22. The molecule has 0 spiro atoms. The minimum Gasteiger partial charge on any atom is -0.476 e. The molecule has 0 bridgehead atoms. The molecule has 1 heterocycles. The van der Waals surface area contributed by atoms with Crippen LogP contribution in [0.4, 0.5) is 4.39 Å². The van der Waals surface area contributed by atoms with E-state index in [4.69, 9.17) is 0 Å². The number of rotatable bonds is 2. The van der Waals surface area contributed by atoms with E-state index in [1.54, 1.807) is 0 Å². The standard InChI is InChI=1S/C14H15FN2O2/c1-14(2,3)7-11-16-10-5-4-8(15)6-9(10)12(17-11)13(18)19/h4-6H,7H2,1-3H3,(H,18,19). The van der Waals surface area contributed by atoms with E-state index < -0.39 is 11.8 Å². The Morgan fingerprint density at radius 3 is 2.58 bits per heavy atom. The number of nitrogens with zero attached hydrogens (tertiary/aromatic N) is 2. The fourth-order valence-electron chi connectivity index (χ4n) is 1.87. The molecule has 5 heteroatoms. The quantitative estimate of drug-likeness (QED) is 0.903. The second-order valence-corrected chi connectivity index (χ2v) is 5.69. The van der Waals surface area contributed by atoms with E-state index in [1.165, 1.54) is 12.1 Å². The maximum atomic E-state index is 13.2. The van der Waals surface area contributed by atoms with Crippen molar-refractivity contribution in [2.24, 2.45) is 5.41 Å². The Hall–Kier alpha value is -2.04. The van der Waals surface area contributed by atoms with Gasteiger partial charge in [-0.25, -0.2) is 19.2 Å². The molecular weight excluding hydrogens is 247 g/mol. The fraction of sp³-hybridized carbons (Fsp3) is 0.357. The number of aromatic nitrogens is 2. The SMILES string of the molecule is CC(C)(C)Cc1nc(C(=O)O)c2cc(F)ccc2n1. The summed E-state index contributed by atoms with van der Waals surface area (Å²) in [5.41, 5.74) is 0.250. The van der Waals surface area contributed by atoms with Crippen LogP contribution in [0.15, 0.2) is 18.2 Å². The Labute approximate surface area is 110 Å². The normalized spacial score (nSPS) is 11.8. The predicted octanol–water partition coefficient (Wildman–Crippen LogP) is 3.06. The van der Waals surface area contributed by atoms with Crippen LogP contribution in [0.2, 0.25) is 0 Å². The monoisotopic (exact) mass is 262 g/mol. The molecule has 1 aromatic heterocycles. The molecule has 2 rings (SSSR count). The van der Waals surface area contributed by atoms with Gasteiger partial charge in [0, 0.05) is 11.8 Å². The van der Waals surface area contributed by atoms with Gasteiger partial charge < -0.3 is 5.11 Å². The summed E-state index contributed by atoms with van der Waals surface area (Å²) in [6, 6.07) is 3.90. The third-order valence-electron chi connectivity index (χ3n) is 2.60. The zero-order chi connectivity index (χ0) is 14.2. The Morgan fingerprint density at radius 1 is 1.32 bits per heavy atom. The number of hydrogen-bond acceptors (Lipinski definition) is 3. The number of aromatic carboxylic acids is 1. The highest BCUT2D eigenvalue weighted by molar-refractivity contribution is 6.00. The van der Waals surface area contributed by atoms with E-state index in [1.807, 2.05) is 20.8 Å². The summed E-state index contributed by atoms with van der Waals surface area (Å²) >= 11 is 0. The molecule has 0 aliphatic carbocycles. The summed E-state index contributed by atoms with van der Waals surface area (Å²) in [6.07, 6.45) is 0.556. The predicted molar refractivity (Wildman–Crippen MR) is 69.6 cm³/mol. The zero-order valence-corrected chi connectivity index (χ0v) is 11.1.